The van der Waals surface area contributed by atoms with Crippen molar-refractivity contribution in [1.82, 2.24) is 14.6 Å². The highest BCUT2D eigenvalue weighted by Crippen LogP contribution is 2.53. The molecule has 2 aromatic rings. The van der Waals surface area contributed by atoms with Crippen LogP contribution >= 0.6 is 11.6 Å². The maximum Gasteiger partial charge on any atom is 0.414 e. The van der Waals surface area contributed by atoms with Gasteiger partial charge in [-0.25, -0.2) is 14.3 Å². The van der Waals surface area contributed by atoms with Crippen LogP contribution in [0.3, 0.4) is 0 Å². The number of hydrogen-bond acceptors (Lipinski definition) is 4. The second-order valence-electron chi connectivity index (χ2n) is 7.57. The number of halogens is 1. The summed E-state index contributed by atoms with van der Waals surface area (Å²) in [6.07, 6.45) is 4.51. The van der Waals surface area contributed by atoms with Gasteiger partial charge in [0.1, 0.15) is 5.60 Å². The second-order valence-corrected chi connectivity index (χ2v) is 7.96. The summed E-state index contributed by atoms with van der Waals surface area (Å²) < 4.78 is 7.33. The first kappa shape index (κ1) is 14.8. The zero-order valence-corrected chi connectivity index (χ0v) is 14.2. The van der Waals surface area contributed by atoms with Gasteiger partial charge in [-0.2, -0.15) is 5.10 Å². The lowest BCUT2D eigenvalue weighted by atomic mass is 9.94. The molecule has 1 spiro atoms. The van der Waals surface area contributed by atoms with Crippen LogP contribution in [0, 0.1) is 5.41 Å². The summed E-state index contributed by atoms with van der Waals surface area (Å²) in [7, 11) is 0. The molecule has 6 nitrogen and oxygen atoms in total. The van der Waals surface area contributed by atoms with Gasteiger partial charge in [0.05, 0.1) is 17.6 Å². The normalized spacial score (nSPS) is 19.0. The number of amides is 1. The fourth-order valence-electron chi connectivity index (χ4n) is 3.16. The van der Waals surface area contributed by atoms with E-state index in [0.29, 0.717) is 17.3 Å². The highest BCUT2D eigenvalue weighted by atomic mass is 35.5. The van der Waals surface area contributed by atoms with Gasteiger partial charge in [-0.1, -0.05) is 11.6 Å². The second kappa shape index (κ2) is 4.60. The molecule has 0 radical (unpaired) electrons. The van der Waals surface area contributed by atoms with E-state index in [0.717, 1.165) is 30.6 Å². The summed E-state index contributed by atoms with van der Waals surface area (Å²) in [5, 5.41) is 4.74. The lowest BCUT2D eigenvalue weighted by Crippen LogP contribution is -2.44. The van der Waals surface area contributed by atoms with Gasteiger partial charge < -0.3 is 4.74 Å². The molecule has 0 aromatic carbocycles. The fourth-order valence-corrected chi connectivity index (χ4v) is 3.33. The van der Waals surface area contributed by atoms with Crippen LogP contribution in [0.25, 0.3) is 5.65 Å². The average Bonchev–Trinajstić information content (AvgIpc) is 3.05. The van der Waals surface area contributed by atoms with Crippen LogP contribution in [0.5, 0.6) is 0 Å². The first-order valence-electron chi connectivity index (χ1n) is 7.80. The SMILES string of the molecule is CC(C)(C)OC(=O)N1CC2(CC2)Cc2c1cnc1cc(Cl)nn21. The number of fused-ring (bicyclic) bond motifs is 3. The Morgan fingerprint density at radius 2 is 2.13 bits per heavy atom. The summed E-state index contributed by atoms with van der Waals surface area (Å²) in [5.74, 6) is 0. The van der Waals surface area contributed by atoms with Crippen molar-refractivity contribution < 1.29 is 9.53 Å². The lowest BCUT2D eigenvalue weighted by molar-refractivity contribution is 0.0568. The Morgan fingerprint density at radius 1 is 1.39 bits per heavy atom. The minimum absolute atomic E-state index is 0.149. The first-order valence-corrected chi connectivity index (χ1v) is 8.18. The van der Waals surface area contributed by atoms with E-state index >= 15 is 0 Å². The van der Waals surface area contributed by atoms with Crippen LogP contribution in [-0.2, 0) is 11.2 Å². The highest BCUT2D eigenvalue weighted by molar-refractivity contribution is 6.29. The van der Waals surface area contributed by atoms with E-state index in [2.05, 4.69) is 10.1 Å². The minimum atomic E-state index is -0.530. The Balaban J connectivity index is 1.81. The largest absolute Gasteiger partial charge is 0.443 e. The Hall–Kier alpha value is -1.82. The van der Waals surface area contributed by atoms with Crippen molar-refractivity contribution >= 4 is 29.0 Å². The molecule has 4 rings (SSSR count). The van der Waals surface area contributed by atoms with Gasteiger partial charge in [-0.3, -0.25) is 4.90 Å². The van der Waals surface area contributed by atoms with Crippen LogP contribution in [0.15, 0.2) is 12.3 Å². The lowest BCUT2D eigenvalue weighted by Gasteiger charge is -2.35. The maximum absolute atomic E-state index is 12.7. The summed E-state index contributed by atoms with van der Waals surface area (Å²) >= 11 is 6.02. The molecule has 1 amide bonds. The Labute approximate surface area is 139 Å². The molecule has 7 heteroatoms. The van der Waals surface area contributed by atoms with Gasteiger partial charge in [-0.15, -0.1) is 0 Å². The molecule has 23 heavy (non-hydrogen) atoms. The zero-order chi connectivity index (χ0) is 16.4. The molecule has 0 saturated heterocycles. The monoisotopic (exact) mass is 334 g/mol. The van der Waals surface area contributed by atoms with E-state index in [1.807, 2.05) is 20.8 Å². The molecule has 2 aliphatic rings. The number of carbonyl (C=O) groups excluding carboxylic acids is 1. The summed E-state index contributed by atoms with van der Waals surface area (Å²) in [4.78, 5) is 18.7. The van der Waals surface area contributed by atoms with Crippen LogP contribution in [0.2, 0.25) is 5.15 Å². The van der Waals surface area contributed by atoms with E-state index in [9.17, 15) is 4.79 Å². The predicted molar refractivity (Wildman–Crippen MR) is 86.9 cm³/mol. The van der Waals surface area contributed by atoms with Crippen molar-refractivity contribution in [1.29, 1.82) is 0 Å². The molecule has 0 atom stereocenters. The number of aromatic nitrogens is 3. The van der Waals surface area contributed by atoms with Crippen molar-refractivity contribution in [2.45, 2.75) is 45.6 Å². The van der Waals surface area contributed by atoms with E-state index in [-0.39, 0.29) is 11.5 Å². The third-order valence-corrected chi connectivity index (χ3v) is 4.61. The van der Waals surface area contributed by atoms with E-state index < -0.39 is 5.60 Å². The third kappa shape index (κ3) is 2.55. The highest BCUT2D eigenvalue weighted by Gasteiger charge is 2.50. The van der Waals surface area contributed by atoms with Crippen LogP contribution in [0.4, 0.5) is 10.5 Å². The van der Waals surface area contributed by atoms with Crippen molar-refractivity contribution in [3.63, 3.8) is 0 Å². The molecular weight excluding hydrogens is 316 g/mol. The molecule has 1 aliphatic heterocycles. The molecule has 1 saturated carbocycles. The van der Waals surface area contributed by atoms with Crippen molar-refractivity contribution in [2.24, 2.45) is 5.41 Å². The van der Waals surface area contributed by atoms with Gasteiger partial charge in [0.2, 0.25) is 0 Å². The van der Waals surface area contributed by atoms with Crippen LogP contribution < -0.4 is 4.90 Å². The molecule has 1 aliphatic carbocycles. The number of anilines is 1. The van der Waals surface area contributed by atoms with Gasteiger partial charge >= 0.3 is 6.09 Å². The smallest absolute Gasteiger partial charge is 0.414 e. The van der Waals surface area contributed by atoms with Crippen LogP contribution in [0.1, 0.15) is 39.3 Å². The maximum atomic E-state index is 12.7. The standard InChI is InChI=1S/C16H19ClN4O2/c1-15(2,3)23-14(22)20-9-16(4-5-16)7-10-11(20)8-18-13-6-12(17)19-21(10)13/h6,8H,4-5,7,9H2,1-3H3. The number of ether oxygens (including phenoxy) is 1. The van der Waals surface area contributed by atoms with E-state index in [4.69, 9.17) is 16.3 Å². The molecule has 122 valence electrons. The fraction of sp³-hybridized carbons (Fsp3) is 0.562. The quantitative estimate of drug-likeness (QED) is 0.740. The molecule has 0 N–H and O–H groups in total. The van der Waals surface area contributed by atoms with Crippen molar-refractivity contribution in [3.8, 4) is 0 Å². The number of carbonyl (C=O) groups is 1. The number of nitrogens with zero attached hydrogens (tertiary/aromatic N) is 4. The molecule has 1 fully saturated rings. The Bertz CT molecular complexity index is 804. The van der Waals surface area contributed by atoms with Crippen molar-refractivity contribution in [3.05, 3.63) is 23.1 Å². The Kier molecular flexibility index (Phi) is 2.95. The molecular formula is C16H19ClN4O2. The topological polar surface area (TPSA) is 59.7 Å². The van der Waals surface area contributed by atoms with Gasteiger partial charge in [0, 0.05) is 12.6 Å². The van der Waals surface area contributed by atoms with Crippen molar-refractivity contribution in [2.75, 3.05) is 11.4 Å². The average molecular weight is 335 g/mol. The van der Waals surface area contributed by atoms with Crippen LogP contribution in [-0.4, -0.2) is 32.8 Å². The zero-order valence-electron chi connectivity index (χ0n) is 13.5. The molecule has 0 bridgehead atoms. The number of rotatable bonds is 0. The predicted octanol–water partition coefficient (Wildman–Crippen LogP) is 3.46. The van der Waals surface area contributed by atoms with E-state index in [1.165, 1.54) is 0 Å². The molecule has 0 unspecified atom stereocenters. The summed E-state index contributed by atoms with van der Waals surface area (Å²) in [6, 6.07) is 1.73. The van der Waals surface area contributed by atoms with Gasteiger partial charge in [-0.05, 0) is 45.4 Å². The Morgan fingerprint density at radius 3 is 2.78 bits per heavy atom. The summed E-state index contributed by atoms with van der Waals surface area (Å²) in [6.45, 7) is 6.29. The number of hydrogen-bond donors (Lipinski definition) is 0. The minimum Gasteiger partial charge on any atom is -0.443 e. The molecule has 2 aromatic heterocycles. The van der Waals surface area contributed by atoms with Gasteiger partial charge in [0.25, 0.3) is 0 Å². The molecule has 3 heterocycles. The summed E-state index contributed by atoms with van der Waals surface area (Å²) in [5.41, 5.74) is 2.07. The van der Waals surface area contributed by atoms with Gasteiger partial charge in [0.15, 0.2) is 10.8 Å². The van der Waals surface area contributed by atoms with E-state index in [1.54, 1.807) is 21.7 Å². The third-order valence-electron chi connectivity index (χ3n) is 4.43. The first-order chi connectivity index (χ1) is 10.8.